The third-order valence-electron chi connectivity index (χ3n) is 5.96. The van der Waals surface area contributed by atoms with Crippen LogP contribution in [0, 0.1) is 13.8 Å². The highest BCUT2D eigenvalue weighted by Gasteiger charge is 2.43. The molecule has 8 heteroatoms. The monoisotopic (exact) mass is 557 g/mol. The lowest BCUT2D eigenvalue weighted by molar-refractivity contribution is -0.698. The number of rotatable bonds is 4. The Hall–Kier alpha value is -3.14. The molecule has 3 aromatic rings. The largest absolute Gasteiger partial charge is 1.00 e. The Morgan fingerprint density at radius 1 is 1.06 bits per heavy atom. The SMILES string of the molecule is Cc1cccc(C)c1NC(=O)C1c2cccc[n+]2CC(=O)N1Cc1ccc2c(c1)OCO2.[I-]. The van der Waals surface area contributed by atoms with Crippen molar-refractivity contribution in [3.8, 4) is 11.5 Å². The van der Waals surface area contributed by atoms with Crippen LogP contribution < -0.4 is 43.3 Å². The van der Waals surface area contributed by atoms with Crippen LogP contribution in [0.2, 0.25) is 0 Å². The number of hydrogen-bond donors (Lipinski definition) is 1. The molecule has 0 radical (unpaired) electrons. The minimum Gasteiger partial charge on any atom is -1.00 e. The number of pyridine rings is 1. The number of benzene rings is 2. The third kappa shape index (κ3) is 4.39. The van der Waals surface area contributed by atoms with Crippen LogP contribution in [0.3, 0.4) is 0 Å². The van der Waals surface area contributed by atoms with Crippen molar-refractivity contribution in [1.29, 1.82) is 0 Å². The number of fused-ring (bicyclic) bond motifs is 2. The first-order valence-electron chi connectivity index (χ1n) is 10.5. The van der Waals surface area contributed by atoms with Gasteiger partial charge in [-0.25, -0.2) is 0 Å². The van der Waals surface area contributed by atoms with Crippen LogP contribution in [0.5, 0.6) is 11.5 Å². The van der Waals surface area contributed by atoms with E-state index in [2.05, 4.69) is 5.32 Å². The molecule has 0 aliphatic carbocycles. The molecule has 2 aliphatic rings. The Morgan fingerprint density at radius 3 is 2.61 bits per heavy atom. The summed E-state index contributed by atoms with van der Waals surface area (Å²) in [5.74, 6) is 0.978. The van der Waals surface area contributed by atoms with E-state index in [9.17, 15) is 9.59 Å². The number of nitrogens with one attached hydrogen (secondary N) is 1. The zero-order chi connectivity index (χ0) is 22.2. The van der Waals surface area contributed by atoms with E-state index in [-0.39, 0.29) is 55.7 Å². The summed E-state index contributed by atoms with van der Waals surface area (Å²) < 4.78 is 12.7. The molecule has 5 rings (SSSR count). The number of halogens is 1. The Morgan fingerprint density at radius 2 is 1.82 bits per heavy atom. The van der Waals surface area contributed by atoms with E-state index < -0.39 is 6.04 Å². The summed E-state index contributed by atoms with van der Waals surface area (Å²) in [6, 6.07) is 16.4. The molecule has 7 nitrogen and oxygen atoms in total. The third-order valence-corrected chi connectivity index (χ3v) is 5.96. The fourth-order valence-electron chi connectivity index (χ4n) is 4.32. The van der Waals surface area contributed by atoms with Gasteiger partial charge in [0.05, 0.1) is 0 Å². The first-order valence-corrected chi connectivity index (χ1v) is 10.5. The van der Waals surface area contributed by atoms with E-state index >= 15 is 0 Å². The predicted octanol–water partition coefficient (Wildman–Crippen LogP) is 0.0458. The summed E-state index contributed by atoms with van der Waals surface area (Å²) in [5, 5.41) is 3.08. The Kier molecular flexibility index (Phi) is 6.55. The van der Waals surface area contributed by atoms with Crippen LogP contribution in [0.25, 0.3) is 0 Å². The van der Waals surface area contributed by atoms with Crippen molar-refractivity contribution < 1.29 is 47.6 Å². The van der Waals surface area contributed by atoms with E-state index in [1.807, 2.05) is 79.2 Å². The highest BCUT2D eigenvalue weighted by atomic mass is 127. The van der Waals surface area contributed by atoms with Gasteiger partial charge in [-0.15, -0.1) is 0 Å². The van der Waals surface area contributed by atoms with E-state index in [1.54, 1.807) is 4.90 Å². The van der Waals surface area contributed by atoms with Crippen molar-refractivity contribution in [3.05, 3.63) is 83.2 Å². The zero-order valence-electron chi connectivity index (χ0n) is 18.4. The molecule has 170 valence electrons. The van der Waals surface area contributed by atoms with E-state index in [0.717, 1.165) is 28.1 Å². The highest BCUT2D eigenvalue weighted by Crippen LogP contribution is 2.34. The van der Waals surface area contributed by atoms with Crippen molar-refractivity contribution in [1.82, 2.24) is 4.90 Å². The quantitative estimate of drug-likeness (QED) is 0.364. The number of hydrogen-bond acceptors (Lipinski definition) is 4. The van der Waals surface area contributed by atoms with Crippen molar-refractivity contribution in [2.75, 3.05) is 12.1 Å². The Balaban J connectivity index is 0.00000259. The predicted molar refractivity (Wildman–Crippen MR) is 117 cm³/mol. The van der Waals surface area contributed by atoms with Crippen LogP contribution in [-0.4, -0.2) is 23.5 Å². The van der Waals surface area contributed by atoms with Crippen LogP contribution in [0.1, 0.15) is 28.4 Å². The number of aryl methyl sites for hydroxylation is 2. The number of ether oxygens (including phenoxy) is 2. The van der Waals surface area contributed by atoms with Gasteiger partial charge in [-0.1, -0.05) is 30.3 Å². The molecule has 0 saturated heterocycles. The second-order valence-electron chi connectivity index (χ2n) is 8.12. The summed E-state index contributed by atoms with van der Waals surface area (Å²) >= 11 is 0. The lowest BCUT2D eigenvalue weighted by Gasteiger charge is -2.32. The summed E-state index contributed by atoms with van der Waals surface area (Å²) in [6.45, 7) is 4.58. The number of carbonyl (C=O) groups is 2. The summed E-state index contributed by atoms with van der Waals surface area (Å²) in [7, 11) is 0. The summed E-state index contributed by atoms with van der Waals surface area (Å²) in [6.07, 6.45) is 1.84. The molecule has 1 aromatic heterocycles. The molecule has 0 spiro atoms. The van der Waals surface area contributed by atoms with Crippen LogP contribution in [-0.2, 0) is 22.7 Å². The number of amides is 2. The van der Waals surface area contributed by atoms with E-state index in [4.69, 9.17) is 9.47 Å². The second-order valence-corrected chi connectivity index (χ2v) is 8.12. The van der Waals surface area contributed by atoms with Gasteiger partial charge in [0, 0.05) is 24.4 Å². The highest BCUT2D eigenvalue weighted by molar-refractivity contribution is 5.98. The normalized spacial score (nSPS) is 16.1. The van der Waals surface area contributed by atoms with Crippen LogP contribution in [0.4, 0.5) is 5.69 Å². The Bertz CT molecular complexity index is 1210. The molecule has 0 saturated carbocycles. The minimum atomic E-state index is -0.762. The maximum absolute atomic E-state index is 13.6. The molecule has 2 aliphatic heterocycles. The number of aromatic nitrogens is 1. The molecule has 3 heterocycles. The summed E-state index contributed by atoms with van der Waals surface area (Å²) in [5.41, 5.74) is 4.38. The van der Waals surface area contributed by atoms with Crippen LogP contribution in [0.15, 0.2) is 60.8 Å². The molecule has 1 N–H and O–H groups in total. The summed E-state index contributed by atoms with van der Waals surface area (Å²) in [4.78, 5) is 28.4. The lowest BCUT2D eigenvalue weighted by Crippen LogP contribution is -3.00. The molecular weight excluding hydrogens is 533 g/mol. The van der Waals surface area contributed by atoms with Gasteiger partial charge in [-0.3, -0.25) is 9.59 Å². The van der Waals surface area contributed by atoms with Gasteiger partial charge in [-0.2, -0.15) is 4.57 Å². The topological polar surface area (TPSA) is 71.8 Å². The molecule has 1 unspecified atom stereocenters. The lowest BCUT2D eigenvalue weighted by atomic mass is 10.0. The minimum absolute atomic E-state index is 0. The number of nitrogens with zero attached hydrogens (tertiary/aromatic N) is 2. The van der Waals surface area contributed by atoms with Gasteiger partial charge >= 0.3 is 0 Å². The van der Waals surface area contributed by atoms with Gasteiger partial charge < -0.3 is 43.7 Å². The van der Waals surface area contributed by atoms with Crippen molar-refractivity contribution in [2.24, 2.45) is 0 Å². The molecule has 2 aromatic carbocycles. The molecular formula is C25H24IN3O4. The first kappa shape index (κ1) is 23.0. The molecule has 0 bridgehead atoms. The van der Waals surface area contributed by atoms with Gasteiger partial charge in [0.1, 0.15) is 0 Å². The van der Waals surface area contributed by atoms with Crippen molar-refractivity contribution in [2.45, 2.75) is 33.0 Å². The average Bonchev–Trinajstić information content (AvgIpc) is 3.24. The molecule has 1 atom stereocenters. The maximum atomic E-state index is 13.6. The molecule has 33 heavy (non-hydrogen) atoms. The smallest absolute Gasteiger partial charge is 0.289 e. The van der Waals surface area contributed by atoms with E-state index in [1.165, 1.54) is 0 Å². The zero-order valence-corrected chi connectivity index (χ0v) is 20.5. The van der Waals surface area contributed by atoms with Gasteiger partial charge in [-0.05, 0) is 42.7 Å². The number of carbonyl (C=O) groups excluding carboxylic acids is 2. The molecule has 0 fully saturated rings. The number of para-hydroxylation sites is 1. The fourth-order valence-corrected chi connectivity index (χ4v) is 4.32. The van der Waals surface area contributed by atoms with Gasteiger partial charge in [0.15, 0.2) is 23.7 Å². The first-order chi connectivity index (χ1) is 15.5. The second kappa shape index (κ2) is 9.38. The molecule has 2 amide bonds. The van der Waals surface area contributed by atoms with Crippen molar-refractivity contribution >= 4 is 17.5 Å². The maximum Gasteiger partial charge on any atom is 0.289 e. The standard InChI is InChI=1S/C25H23N3O4.HI/c1-16-6-5-7-17(2)23(16)26-25(30)24-19-8-3-4-11-27(19)14-22(29)28(24)13-18-9-10-20-21(12-18)32-15-31-20;/h3-12,24H,13-15H2,1-2H3;1H. The Labute approximate surface area is 209 Å². The van der Waals surface area contributed by atoms with Crippen LogP contribution >= 0.6 is 0 Å². The van der Waals surface area contributed by atoms with Gasteiger partial charge in [0.25, 0.3) is 11.8 Å². The number of anilines is 1. The van der Waals surface area contributed by atoms with Crippen molar-refractivity contribution in [3.63, 3.8) is 0 Å². The fraction of sp³-hybridized carbons (Fsp3) is 0.240. The average molecular weight is 557 g/mol. The van der Waals surface area contributed by atoms with Gasteiger partial charge in [0.2, 0.25) is 19.0 Å². The van der Waals surface area contributed by atoms with E-state index in [0.29, 0.717) is 11.5 Å².